The average Bonchev–Trinajstić information content (AvgIpc) is 2.55. The fourth-order valence-electron chi connectivity index (χ4n) is 3.11. The van der Waals surface area contributed by atoms with E-state index in [0.717, 1.165) is 12.5 Å². The fourth-order valence-corrected chi connectivity index (χ4v) is 3.11. The Bertz CT molecular complexity index is 773. The maximum absolute atomic E-state index is 12.9. The van der Waals surface area contributed by atoms with Gasteiger partial charge in [-0.3, -0.25) is 19.2 Å². The average molecular weight is 362 g/mol. The highest BCUT2D eigenvalue weighted by Crippen LogP contribution is 2.33. The van der Waals surface area contributed by atoms with Crippen molar-refractivity contribution in [3.8, 4) is 0 Å². The summed E-state index contributed by atoms with van der Waals surface area (Å²) in [7, 11) is 0. The van der Waals surface area contributed by atoms with Gasteiger partial charge in [0.2, 0.25) is 5.91 Å². The van der Waals surface area contributed by atoms with Gasteiger partial charge in [0, 0.05) is 31.3 Å². The van der Waals surface area contributed by atoms with Crippen molar-refractivity contribution in [2.45, 2.75) is 32.0 Å². The van der Waals surface area contributed by atoms with E-state index < -0.39 is 30.1 Å². The Labute approximate surface area is 148 Å². The van der Waals surface area contributed by atoms with Gasteiger partial charge in [-0.25, -0.2) is 0 Å². The molecule has 0 saturated carbocycles. The molecule has 0 aliphatic carbocycles. The molecule has 1 saturated heterocycles. The minimum absolute atomic E-state index is 0.00422. The van der Waals surface area contributed by atoms with E-state index in [2.05, 4.69) is 5.32 Å². The Balaban J connectivity index is 1.94. The standard InChI is InChI=1S/C17H18N2O7/c1-10(20)26-17(9-15(22)23)16(24)19(6-7-25-17)12-4-2-11-3-5-14(21)18-13(11)8-12/h2,4,8H,3,5-7,9H2,1H3,(H,18,21)(H,22,23)/t17-/m0/s1. The summed E-state index contributed by atoms with van der Waals surface area (Å²) in [6, 6.07) is 5.16. The number of nitrogens with one attached hydrogen (secondary N) is 1. The fraction of sp³-hybridized carbons (Fsp3) is 0.412. The molecule has 0 unspecified atom stereocenters. The number of aliphatic carboxylic acids is 1. The van der Waals surface area contributed by atoms with Crippen molar-refractivity contribution in [2.75, 3.05) is 23.4 Å². The topological polar surface area (TPSA) is 122 Å². The zero-order valence-electron chi connectivity index (χ0n) is 14.1. The number of benzene rings is 1. The van der Waals surface area contributed by atoms with Crippen LogP contribution in [0, 0.1) is 0 Å². The molecule has 138 valence electrons. The predicted octanol–water partition coefficient (Wildman–Crippen LogP) is 0.669. The molecule has 2 N–H and O–H groups in total. The van der Waals surface area contributed by atoms with Crippen LogP contribution in [-0.4, -0.2) is 47.8 Å². The first kappa shape index (κ1) is 17.9. The van der Waals surface area contributed by atoms with Gasteiger partial charge in [-0.2, -0.15) is 0 Å². The molecule has 0 spiro atoms. The summed E-state index contributed by atoms with van der Waals surface area (Å²) in [5.41, 5.74) is 2.02. The first-order valence-electron chi connectivity index (χ1n) is 8.11. The van der Waals surface area contributed by atoms with Crippen LogP contribution in [0.25, 0.3) is 0 Å². The summed E-state index contributed by atoms with van der Waals surface area (Å²) < 4.78 is 10.3. The lowest BCUT2D eigenvalue weighted by Crippen LogP contribution is -2.59. The van der Waals surface area contributed by atoms with E-state index in [1.807, 2.05) is 0 Å². The molecule has 2 heterocycles. The van der Waals surface area contributed by atoms with Crippen LogP contribution >= 0.6 is 0 Å². The van der Waals surface area contributed by atoms with Crippen LogP contribution in [0.15, 0.2) is 18.2 Å². The lowest BCUT2D eigenvalue weighted by atomic mass is 10.0. The molecule has 9 heteroatoms. The summed E-state index contributed by atoms with van der Waals surface area (Å²) in [6.45, 7) is 1.23. The lowest BCUT2D eigenvalue weighted by Gasteiger charge is -2.39. The normalized spacial score (nSPS) is 22.4. The molecule has 1 aromatic carbocycles. The maximum atomic E-state index is 12.9. The van der Waals surface area contributed by atoms with E-state index in [1.54, 1.807) is 18.2 Å². The number of aryl methyl sites for hydroxylation is 1. The van der Waals surface area contributed by atoms with Gasteiger partial charge in [0.1, 0.15) is 6.42 Å². The molecular formula is C17H18N2O7. The Kier molecular flexibility index (Phi) is 4.64. The van der Waals surface area contributed by atoms with Gasteiger partial charge < -0.3 is 24.8 Å². The second-order valence-corrected chi connectivity index (χ2v) is 6.11. The lowest BCUT2D eigenvalue weighted by molar-refractivity contribution is -0.234. The van der Waals surface area contributed by atoms with Crippen LogP contribution in [0.2, 0.25) is 0 Å². The smallest absolute Gasteiger partial charge is 0.310 e. The highest BCUT2D eigenvalue weighted by atomic mass is 16.7. The molecule has 1 atom stereocenters. The first-order valence-corrected chi connectivity index (χ1v) is 8.11. The number of ether oxygens (including phenoxy) is 2. The molecule has 2 aliphatic rings. The summed E-state index contributed by atoms with van der Waals surface area (Å²) in [6.07, 6.45) is 0.204. The van der Waals surface area contributed by atoms with Gasteiger partial charge in [-0.15, -0.1) is 0 Å². The molecule has 3 rings (SSSR count). The largest absolute Gasteiger partial charge is 0.481 e. The van der Waals surface area contributed by atoms with Crippen LogP contribution in [0.3, 0.4) is 0 Å². The number of esters is 1. The SMILES string of the molecule is CC(=O)O[C@]1(CC(=O)O)OCCN(c2ccc3c(c2)NC(=O)CC3)C1=O. The van der Waals surface area contributed by atoms with Gasteiger partial charge in [-0.05, 0) is 24.1 Å². The quantitative estimate of drug-likeness (QED) is 0.755. The van der Waals surface area contributed by atoms with Crippen molar-refractivity contribution < 1.29 is 33.8 Å². The van der Waals surface area contributed by atoms with Gasteiger partial charge in [0.15, 0.2) is 0 Å². The van der Waals surface area contributed by atoms with E-state index in [4.69, 9.17) is 14.6 Å². The van der Waals surface area contributed by atoms with E-state index in [9.17, 15) is 19.2 Å². The number of amides is 2. The van der Waals surface area contributed by atoms with Crippen molar-refractivity contribution in [2.24, 2.45) is 0 Å². The number of rotatable bonds is 4. The molecule has 0 aromatic heterocycles. The summed E-state index contributed by atoms with van der Waals surface area (Å²) in [4.78, 5) is 48.4. The Morgan fingerprint density at radius 2 is 2.12 bits per heavy atom. The second kappa shape index (κ2) is 6.75. The molecule has 9 nitrogen and oxygen atoms in total. The number of anilines is 2. The molecule has 26 heavy (non-hydrogen) atoms. The number of carbonyl (C=O) groups is 4. The number of hydrogen-bond donors (Lipinski definition) is 2. The molecule has 2 amide bonds. The molecule has 0 bridgehead atoms. The summed E-state index contributed by atoms with van der Waals surface area (Å²) in [5.74, 6) is -5.24. The molecule has 1 fully saturated rings. The van der Waals surface area contributed by atoms with Crippen molar-refractivity contribution in [1.82, 2.24) is 0 Å². The predicted molar refractivity (Wildman–Crippen MR) is 88.4 cm³/mol. The number of carbonyl (C=O) groups excluding carboxylic acids is 3. The zero-order valence-corrected chi connectivity index (χ0v) is 14.1. The number of carboxylic acid groups (broad SMARTS) is 1. The van der Waals surface area contributed by atoms with Crippen molar-refractivity contribution in [3.05, 3.63) is 23.8 Å². The molecule has 2 aliphatic heterocycles. The van der Waals surface area contributed by atoms with Crippen molar-refractivity contribution >= 4 is 35.1 Å². The van der Waals surface area contributed by atoms with Crippen LogP contribution in [0.4, 0.5) is 11.4 Å². The third-order valence-corrected chi connectivity index (χ3v) is 4.21. The maximum Gasteiger partial charge on any atom is 0.310 e. The van der Waals surface area contributed by atoms with E-state index in [-0.39, 0.29) is 19.1 Å². The minimum Gasteiger partial charge on any atom is -0.481 e. The van der Waals surface area contributed by atoms with E-state index in [0.29, 0.717) is 24.2 Å². The van der Waals surface area contributed by atoms with Crippen molar-refractivity contribution in [3.63, 3.8) is 0 Å². The van der Waals surface area contributed by atoms with E-state index >= 15 is 0 Å². The summed E-state index contributed by atoms with van der Waals surface area (Å²) in [5, 5.41) is 11.9. The van der Waals surface area contributed by atoms with E-state index in [1.165, 1.54) is 4.90 Å². The molecule has 1 aromatic rings. The van der Waals surface area contributed by atoms with Crippen LogP contribution in [0.1, 0.15) is 25.3 Å². The highest BCUT2D eigenvalue weighted by molar-refractivity contribution is 6.03. The number of carboxylic acids is 1. The number of fused-ring (bicyclic) bond motifs is 1. The van der Waals surface area contributed by atoms with Gasteiger partial charge in [-0.1, -0.05) is 6.07 Å². The Morgan fingerprint density at radius 3 is 2.81 bits per heavy atom. The number of morpholine rings is 1. The Hall–Kier alpha value is -2.94. The molecule has 0 radical (unpaired) electrons. The minimum atomic E-state index is -2.20. The summed E-state index contributed by atoms with van der Waals surface area (Å²) >= 11 is 0. The van der Waals surface area contributed by atoms with Gasteiger partial charge >= 0.3 is 23.6 Å². The first-order chi connectivity index (χ1) is 12.3. The number of hydrogen-bond acceptors (Lipinski definition) is 6. The molecular weight excluding hydrogens is 344 g/mol. The van der Waals surface area contributed by atoms with Crippen molar-refractivity contribution in [1.29, 1.82) is 0 Å². The van der Waals surface area contributed by atoms with Gasteiger partial charge in [0.05, 0.1) is 6.61 Å². The van der Waals surface area contributed by atoms with Crippen LogP contribution in [0.5, 0.6) is 0 Å². The monoisotopic (exact) mass is 362 g/mol. The zero-order chi connectivity index (χ0) is 18.9. The number of nitrogens with zero attached hydrogens (tertiary/aromatic N) is 1. The van der Waals surface area contributed by atoms with Crippen LogP contribution < -0.4 is 10.2 Å². The Morgan fingerprint density at radius 1 is 1.35 bits per heavy atom. The third-order valence-electron chi connectivity index (χ3n) is 4.21. The third kappa shape index (κ3) is 3.38. The highest BCUT2D eigenvalue weighted by Gasteiger charge is 2.51. The van der Waals surface area contributed by atoms with Gasteiger partial charge in [0.25, 0.3) is 0 Å². The van der Waals surface area contributed by atoms with Crippen LogP contribution in [-0.2, 0) is 35.1 Å². The second-order valence-electron chi connectivity index (χ2n) is 6.11.